The third-order valence-corrected chi connectivity index (χ3v) is 3.90. The van der Waals surface area contributed by atoms with Gasteiger partial charge in [-0.25, -0.2) is 0 Å². The SMILES string of the molecule is CC(C)(C)NC(=S)N(Cc1ccccn1)C1CCCC1. The molecule has 1 aliphatic carbocycles. The van der Waals surface area contributed by atoms with E-state index in [-0.39, 0.29) is 5.54 Å². The van der Waals surface area contributed by atoms with Crippen LogP contribution in [-0.4, -0.2) is 26.6 Å². The third kappa shape index (κ3) is 4.44. The van der Waals surface area contributed by atoms with Gasteiger partial charge in [-0.05, 0) is 58.0 Å². The van der Waals surface area contributed by atoms with Crippen molar-refractivity contribution in [2.24, 2.45) is 0 Å². The van der Waals surface area contributed by atoms with E-state index in [0.717, 1.165) is 17.4 Å². The Bertz CT molecular complexity index is 433. The van der Waals surface area contributed by atoms with Crippen LogP contribution in [0.15, 0.2) is 24.4 Å². The molecule has 2 rings (SSSR count). The van der Waals surface area contributed by atoms with Crippen molar-refractivity contribution in [3.8, 4) is 0 Å². The number of aromatic nitrogens is 1. The molecule has 1 aromatic heterocycles. The van der Waals surface area contributed by atoms with Gasteiger partial charge in [-0.1, -0.05) is 18.9 Å². The average molecular weight is 291 g/mol. The van der Waals surface area contributed by atoms with Crippen LogP contribution in [0.4, 0.5) is 0 Å². The Labute approximate surface area is 127 Å². The molecule has 0 unspecified atom stereocenters. The van der Waals surface area contributed by atoms with E-state index in [0.29, 0.717) is 6.04 Å². The first-order chi connectivity index (χ1) is 9.46. The topological polar surface area (TPSA) is 28.2 Å². The highest BCUT2D eigenvalue weighted by atomic mass is 32.1. The van der Waals surface area contributed by atoms with E-state index < -0.39 is 0 Å². The zero-order valence-corrected chi connectivity index (χ0v) is 13.5. The van der Waals surface area contributed by atoms with E-state index in [4.69, 9.17) is 12.2 Å². The van der Waals surface area contributed by atoms with E-state index >= 15 is 0 Å². The summed E-state index contributed by atoms with van der Waals surface area (Å²) in [6.07, 6.45) is 6.93. The van der Waals surface area contributed by atoms with E-state index in [1.807, 2.05) is 18.3 Å². The molecular formula is C16H25N3S. The summed E-state index contributed by atoms with van der Waals surface area (Å²) in [5, 5.41) is 4.30. The molecule has 1 saturated carbocycles. The average Bonchev–Trinajstić information content (AvgIpc) is 2.88. The number of hydrogen-bond donors (Lipinski definition) is 1. The quantitative estimate of drug-likeness (QED) is 0.863. The van der Waals surface area contributed by atoms with Gasteiger partial charge in [0.05, 0.1) is 12.2 Å². The van der Waals surface area contributed by atoms with Crippen molar-refractivity contribution in [1.29, 1.82) is 0 Å². The number of pyridine rings is 1. The van der Waals surface area contributed by atoms with Gasteiger partial charge in [-0.2, -0.15) is 0 Å². The predicted molar refractivity (Wildman–Crippen MR) is 87.5 cm³/mol. The summed E-state index contributed by atoms with van der Waals surface area (Å²) < 4.78 is 0. The van der Waals surface area contributed by atoms with E-state index in [2.05, 4.69) is 42.0 Å². The fourth-order valence-corrected chi connectivity index (χ4v) is 3.16. The van der Waals surface area contributed by atoms with Crippen molar-refractivity contribution < 1.29 is 0 Å². The molecule has 1 aliphatic rings. The van der Waals surface area contributed by atoms with Gasteiger partial charge in [-0.15, -0.1) is 0 Å². The van der Waals surface area contributed by atoms with Crippen LogP contribution in [0.1, 0.15) is 52.1 Å². The summed E-state index contributed by atoms with van der Waals surface area (Å²) in [7, 11) is 0. The summed E-state index contributed by atoms with van der Waals surface area (Å²) in [5.41, 5.74) is 1.08. The molecule has 110 valence electrons. The number of hydrogen-bond acceptors (Lipinski definition) is 2. The molecule has 1 N–H and O–H groups in total. The van der Waals surface area contributed by atoms with Crippen LogP contribution in [0.25, 0.3) is 0 Å². The fourth-order valence-electron chi connectivity index (χ4n) is 2.64. The molecule has 1 fully saturated rings. The van der Waals surface area contributed by atoms with Crippen molar-refractivity contribution in [2.75, 3.05) is 0 Å². The molecule has 0 amide bonds. The Balaban J connectivity index is 2.10. The Morgan fingerprint density at radius 2 is 2.05 bits per heavy atom. The number of nitrogens with one attached hydrogen (secondary N) is 1. The first-order valence-corrected chi connectivity index (χ1v) is 7.85. The highest BCUT2D eigenvalue weighted by Crippen LogP contribution is 2.25. The second kappa shape index (κ2) is 6.53. The van der Waals surface area contributed by atoms with Crippen LogP contribution in [0, 0.1) is 0 Å². The summed E-state index contributed by atoms with van der Waals surface area (Å²) in [6, 6.07) is 6.62. The Morgan fingerprint density at radius 1 is 1.35 bits per heavy atom. The molecule has 0 bridgehead atoms. The van der Waals surface area contributed by atoms with E-state index in [9.17, 15) is 0 Å². The monoisotopic (exact) mass is 291 g/mol. The summed E-state index contributed by atoms with van der Waals surface area (Å²) in [5.74, 6) is 0. The zero-order chi connectivity index (χ0) is 14.6. The van der Waals surface area contributed by atoms with Crippen LogP contribution in [0.5, 0.6) is 0 Å². The highest BCUT2D eigenvalue weighted by Gasteiger charge is 2.26. The van der Waals surface area contributed by atoms with Gasteiger partial charge in [-0.3, -0.25) is 4.98 Å². The number of nitrogens with zero attached hydrogens (tertiary/aromatic N) is 2. The molecule has 0 spiro atoms. The lowest BCUT2D eigenvalue weighted by molar-refractivity contribution is 0.291. The molecular weight excluding hydrogens is 266 g/mol. The lowest BCUT2D eigenvalue weighted by Crippen LogP contribution is -2.51. The summed E-state index contributed by atoms with van der Waals surface area (Å²) >= 11 is 5.65. The van der Waals surface area contributed by atoms with Crippen LogP contribution >= 0.6 is 12.2 Å². The lowest BCUT2D eigenvalue weighted by Gasteiger charge is -2.35. The van der Waals surface area contributed by atoms with Gasteiger partial charge in [0.25, 0.3) is 0 Å². The number of rotatable bonds is 3. The Hall–Kier alpha value is -1.16. The summed E-state index contributed by atoms with van der Waals surface area (Å²) in [6.45, 7) is 7.24. The highest BCUT2D eigenvalue weighted by molar-refractivity contribution is 7.80. The molecule has 0 radical (unpaired) electrons. The predicted octanol–water partition coefficient (Wildman–Crippen LogP) is 3.50. The van der Waals surface area contributed by atoms with Gasteiger partial charge < -0.3 is 10.2 Å². The molecule has 0 aromatic carbocycles. The molecule has 20 heavy (non-hydrogen) atoms. The maximum absolute atomic E-state index is 5.65. The van der Waals surface area contributed by atoms with Crippen molar-refractivity contribution in [2.45, 2.75) is 64.6 Å². The maximum Gasteiger partial charge on any atom is 0.169 e. The molecule has 3 nitrogen and oxygen atoms in total. The van der Waals surface area contributed by atoms with Crippen molar-refractivity contribution in [1.82, 2.24) is 15.2 Å². The van der Waals surface area contributed by atoms with Gasteiger partial charge >= 0.3 is 0 Å². The van der Waals surface area contributed by atoms with Gasteiger partial charge in [0.2, 0.25) is 0 Å². The third-order valence-electron chi connectivity index (χ3n) is 3.57. The van der Waals surface area contributed by atoms with Crippen molar-refractivity contribution >= 4 is 17.3 Å². The van der Waals surface area contributed by atoms with Crippen LogP contribution < -0.4 is 5.32 Å². The second-order valence-electron chi connectivity index (χ2n) is 6.57. The van der Waals surface area contributed by atoms with Gasteiger partial charge in [0, 0.05) is 17.8 Å². The Kier molecular flexibility index (Phi) is 4.97. The first-order valence-electron chi connectivity index (χ1n) is 7.44. The van der Waals surface area contributed by atoms with Crippen LogP contribution in [0.2, 0.25) is 0 Å². The normalized spacial score (nSPS) is 16.1. The molecule has 1 heterocycles. The zero-order valence-electron chi connectivity index (χ0n) is 12.7. The fraction of sp³-hybridized carbons (Fsp3) is 0.625. The maximum atomic E-state index is 5.65. The lowest BCUT2D eigenvalue weighted by atomic mass is 10.1. The minimum atomic E-state index is -0.00193. The first kappa shape index (κ1) is 15.2. The molecule has 4 heteroatoms. The van der Waals surface area contributed by atoms with Crippen molar-refractivity contribution in [3.05, 3.63) is 30.1 Å². The minimum absolute atomic E-state index is 0.00193. The van der Waals surface area contributed by atoms with Crippen LogP contribution in [-0.2, 0) is 6.54 Å². The van der Waals surface area contributed by atoms with Gasteiger partial charge in [0.1, 0.15) is 0 Å². The largest absolute Gasteiger partial charge is 0.358 e. The van der Waals surface area contributed by atoms with Crippen molar-refractivity contribution in [3.63, 3.8) is 0 Å². The summed E-state index contributed by atoms with van der Waals surface area (Å²) in [4.78, 5) is 6.77. The molecule has 0 atom stereocenters. The molecule has 1 aromatic rings. The molecule has 0 aliphatic heterocycles. The van der Waals surface area contributed by atoms with E-state index in [1.54, 1.807) is 0 Å². The van der Waals surface area contributed by atoms with E-state index in [1.165, 1.54) is 25.7 Å². The number of thiocarbonyl (C=S) groups is 1. The molecule has 0 saturated heterocycles. The van der Waals surface area contributed by atoms with Crippen LogP contribution in [0.3, 0.4) is 0 Å². The smallest absolute Gasteiger partial charge is 0.169 e. The Morgan fingerprint density at radius 3 is 2.60 bits per heavy atom. The minimum Gasteiger partial charge on any atom is -0.358 e. The standard InChI is InChI=1S/C16H25N3S/c1-16(2,3)18-15(20)19(14-9-4-5-10-14)12-13-8-6-7-11-17-13/h6-8,11,14H,4-5,9-10,12H2,1-3H3,(H,18,20). The second-order valence-corrected chi connectivity index (χ2v) is 6.95. The van der Waals surface area contributed by atoms with Gasteiger partial charge in [0.15, 0.2) is 5.11 Å².